The zero-order valence-corrected chi connectivity index (χ0v) is 13.5. The molecule has 0 radical (unpaired) electrons. The Bertz CT molecular complexity index is 376. The third-order valence-corrected chi connectivity index (χ3v) is 3.64. The lowest BCUT2D eigenvalue weighted by atomic mass is 9.95. The summed E-state index contributed by atoms with van der Waals surface area (Å²) in [6, 6.07) is 0.110. The average Bonchev–Trinajstić information content (AvgIpc) is 2.67. The van der Waals surface area contributed by atoms with Crippen LogP contribution >= 0.6 is 15.9 Å². The van der Waals surface area contributed by atoms with Crippen LogP contribution in [0.2, 0.25) is 0 Å². The number of ether oxygens (including phenoxy) is 1. The first-order valence-corrected chi connectivity index (χ1v) is 7.35. The Morgan fingerprint density at radius 1 is 1.44 bits per heavy atom. The lowest BCUT2D eigenvalue weighted by molar-refractivity contribution is -0.0410. The number of nitrogens with zero attached hydrogens (tertiary/aromatic N) is 2. The van der Waals surface area contributed by atoms with Crippen molar-refractivity contribution in [2.45, 2.75) is 52.8 Å². The van der Waals surface area contributed by atoms with E-state index in [1.54, 1.807) is 0 Å². The van der Waals surface area contributed by atoms with Crippen LogP contribution in [0.3, 0.4) is 0 Å². The minimum atomic E-state index is -0.278. The van der Waals surface area contributed by atoms with Crippen molar-refractivity contribution in [1.29, 1.82) is 0 Å². The number of aryl methyl sites for hydroxylation is 1. The summed E-state index contributed by atoms with van der Waals surface area (Å²) in [7, 11) is 0. The summed E-state index contributed by atoms with van der Waals surface area (Å²) in [5.41, 5.74) is 0.873. The molecule has 1 N–H and O–H groups in total. The van der Waals surface area contributed by atoms with Crippen LogP contribution in [0.15, 0.2) is 10.7 Å². The number of nitrogens with one attached hydrogen (secondary N) is 1. The molecule has 5 heteroatoms. The number of hydrogen-bond acceptors (Lipinski definition) is 3. The number of halogens is 1. The van der Waals surface area contributed by atoms with Gasteiger partial charge in [-0.2, -0.15) is 5.10 Å². The first-order chi connectivity index (χ1) is 8.47. The Labute approximate surface area is 118 Å². The zero-order chi connectivity index (χ0) is 13.8. The normalized spacial score (nSPS) is 13.9. The van der Waals surface area contributed by atoms with Gasteiger partial charge in [0, 0.05) is 13.2 Å². The van der Waals surface area contributed by atoms with E-state index in [0.29, 0.717) is 6.61 Å². The molecule has 0 aliphatic rings. The molecular formula is C13H24BrN3O. The molecule has 1 aromatic rings. The van der Waals surface area contributed by atoms with Gasteiger partial charge in [0.2, 0.25) is 0 Å². The van der Waals surface area contributed by atoms with Crippen molar-refractivity contribution in [3.8, 4) is 0 Å². The highest BCUT2D eigenvalue weighted by molar-refractivity contribution is 9.10. The molecule has 4 nitrogen and oxygen atoms in total. The molecule has 104 valence electrons. The molecule has 1 heterocycles. The molecule has 0 aliphatic heterocycles. The van der Waals surface area contributed by atoms with Crippen molar-refractivity contribution in [3.63, 3.8) is 0 Å². The first-order valence-electron chi connectivity index (χ1n) is 6.56. The SMILES string of the molecule is CCNC(c1c(Br)cnn1CC)C(C)(C)OCC. The Morgan fingerprint density at radius 3 is 2.61 bits per heavy atom. The van der Waals surface area contributed by atoms with Crippen LogP contribution in [-0.4, -0.2) is 28.5 Å². The number of rotatable bonds is 7. The van der Waals surface area contributed by atoms with Crippen molar-refractivity contribution in [1.82, 2.24) is 15.1 Å². The van der Waals surface area contributed by atoms with Gasteiger partial charge in [-0.3, -0.25) is 4.68 Å². The molecule has 0 spiro atoms. The van der Waals surface area contributed by atoms with E-state index >= 15 is 0 Å². The van der Waals surface area contributed by atoms with Crippen LogP contribution < -0.4 is 5.32 Å². The molecule has 18 heavy (non-hydrogen) atoms. The summed E-state index contributed by atoms with van der Waals surface area (Å²) in [4.78, 5) is 0. The van der Waals surface area contributed by atoms with E-state index in [2.05, 4.69) is 54.0 Å². The van der Waals surface area contributed by atoms with Gasteiger partial charge >= 0.3 is 0 Å². The highest BCUT2D eigenvalue weighted by Crippen LogP contribution is 2.33. The third kappa shape index (κ3) is 3.33. The van der Waals surface area contributed by atoms with Gasteiger partial charge in [0.25, 0.3) is 0 Å². The second kappa shape index (κ2) is 6.68. The highest BCUT2D eigenvalue weighted by atomic mass is 79.9. The number of likely N-dealkylation sites (N-methyl/N-ethyl adjacent to an activating group) is 1. The molecule has 0 bridgehead atoms. The topological polar surface area (TPSA) is 39.1 Å². The summed E-state index contributed by atoms with van der Waals surface area (Å²) in [6.45, 7) is 12.9. The largest absolute Gasteiger partial charge is 0.374 e. The molecule has 0 saturated heterocycles. The maximum Gasteiger partial charge on any atom is 0.0835 e. The average molecular weight is 318 g/mol. The van der Waals surface area contributed by atoms with Crippen LogP contribution in [0, 0.1) is 0 Å². The summed E-state index contributed by atoms with van der Waals surface area (Å²) in [6.07, 6.45) is 1.85. The fourth-order valence-corrected chi connectivity index (χ4v) is 2.77. The van der Waals surface area contributed by atoms with Crippen LogP contribution in [0.5, 0.6) is 0 Å². The second-order valence-corrected chi connectivity index (χ2v) is 5.58. The molecule has 0 aliphatic carbocycles. The lowest BCUT2D eigenvalue weighted by Crippen LogP contribution is -2.43. The van der Waals surface area contributed by atoms with E-state index in [-0.39, 0.29) is 11.6 Å². The van der Waals surface area contributed by atoms with Gasteiger partial charge in [-0.25, -0.2) is 0 Å². The predicted octanol–water partition coefficient (Wildman–Crippen LogP) is 3.13. The predicted molar refractivity (Wildman–Crippen MR) is 77.7 cm³/mol. The van der Waals surface area contributed by atoms with E-state index in [9.17, 15) is 0 Å². The Hall–Kier alpha value is -0.390. The lowest BCUT2D eigenvalue weighted by Gasteiger charge is -2.35. The molecule has 0 fully saturated rings. The second-order valence-electron chi connectivity index (χ2n) is 4.72. The molecule has 1 rings (SSSR count). The monoisotopic (exact) mass is 317 g/mol. The van der Waals surface area contributed by atoms with Crippen molar-refractivity contribution >= 4 is 15.9 Å². The Morgan fingerprint density at radius 2 is 2.11 bits per heavy atom. The van der Waals surface area contributed by atoms with E-state index in [1.165, 1.54) is 0 Å². The van der Waals surface area contributed by atoms with Crippen molar-refractivity contribution < 1.29 is 4.74 Å². The van der Waals surface area contributed by atoms with E-state index in [4.69, 9.17) is 4.74 Å². The van der Waals surface area contributed by atoms with E-state index in [0.717, 1.165) is 23.3 Å². The molecule has 1 aromatic heterocycles. The summed E-state index contributed by atoms with van der Waals surface area (Å²) >= 11 is 3.59. The van der Waals surface area contributed by atoms with Gasteiger partial charge in [0.15, 0.2) is 0 Å². The van der Waals surface area contributed by atoms with Gasteiger partial charge < -0.3 is 10.1 Å². The smallest absolute Gasteiger partial charge is 0.0835 e. The van der Waals surface area contributed by atoms with Crippen LogP contribution in [-0.2, 0) is 11.3 Å². The van der Waals surface area contributed by atoms with Gasteiger partial charge in [0.05, 0.1) is 28.0 Å². The van der Waals surface area contributed by atoms with Crippen LogP contribution in [0.25, 0.3) is 0 Å². The summed E-state index contributed by atoms with van der Waals surface area (Å²) in [5, 5.41) is 7.90. The van der Waals surface area contributed by atoms with E-state index < -0.39 is 0 Å². The quantitative estimate of drug-likeness (QED) is 0.839. The maximum absolute atomic E-state index is 5.90. The van der Waals surface area contributed by atoms with Crippen LogP contribution in [0.4, 0.5) is 0 Å². The van der Waals surface area contributed by atoms with Crippen molar-refractivity contribution in [2.75, 3.05) is 13.2 Å². The molecule has 0 amide bonds. The molecule has 1 unspecified atom stereocenters. The van der Waals surface area contributed by atoms with Crippen molar-refractivity contribution in [2.24, 2.45) is 0 Å². The summed E-state index contributed by atoms with van der Waals surface area (Å²) < 4.78 is 8.94. The Kier molecular flexibility index (Phi) is 5.82. The van der Waals surface area contributed by atoms with E-state index in [1.807, 2.05) is 17.8 Å². The van der Waals surface area contributed by atoms with Crippen molar-refractivity contribution in [3.05, 3.63) is 16.4 Å². The molecule has 1 atom stereocenters. The zero-order valence-electron chi connectivity index (χ0n) is 12.0. The minimum absolute atomic E-state index is 0.110. The maximum atomic E-state index is 5.90. The fraction of sp³-hybridized carbons (Fsp3) is 0.769. The molecule has 0 saturated carbocycles. The van der Waals surface area contributed by atoms with Gasteiger partial charge in [-0.15, -0.1) is 0 Å². The van der Waals surface area contributed by atoms with Gasteiger partial charge in [-0.05, 0) is 50.2 Å². The van der Waals surface area contributed by atoms with Crippen LogP contribution in [0.1, 0.15) is 46.4 Å². The minimum Gasteiger partial charge on any atom is -0.374 e. The standard InChI is InChI=1S/C13H24BrN3O/c1-6-15-12(13(4,5)18-8-3)11-10(14)9-16-17(11)7-2/h9,12,15H,6-8H2,1-5H3. The molecule has 0 aromatic carbocycles. The van der Waals surface area contributed by atoms with Gasteiger partial charge in [0.1, 0.15) is 0 Å². The van der Waals surface area contributed by atoms with Gasteiger partial charge in [-0.1, -0.05) is 6.92 Å². The molecular weight excluding hydrogens is 294 g/mol. The Balaban J connectivity index is 3.14. The highest BCUT2D eigenvalue weighted by Gasteiger charge is 2.34. The number of hydrogen-bond donors (Lipinski definition) is 1. The number of aromatic nitrogens is 2. The first kappa shape index (κ1) is 15.7. The third-order valence-electron chi connectivity index (χ3n) is 3.03. The fourth-order valence-electron chi connectivity index (χ4n) is 2.24. The summed E-state index contributed by atoms with van der Waals surface area (Å²) in [5.74, 6) is 0.